The Hall–Kier alpha value is -1.53. The van der Waals surface area contributed by atoms with E-state index in [-0.39, 0.29) is 21.9 Å². The third-order valence-corrected chi connectivity index (χ3v) is 7.47. The molecule has 2 aliphatic rings. The topological polar surface area (TPSA) is 43.9 Å². The van der Waals surface area contributed by atoms with Gasteiger partial charge in [-0.1, -0.05) is 39.0 Å². The summed E-state index contributed by atoms with van der Waals surface area (Å²) < 4.78 is 0. The number of para-hydroxylation sites is 1. The van der Waals surface area contributed by atoms with E-state index in [2.05, 4.69) is 68.9 Å². The van der Waals surface area contributed by atoms with E-state index in [0.29, 0.717) is 12.5 Å². The van der Waals surface area contributed by atoms with Gasteiger partial charge in [0.25, 0.3) is 0 Å². The molecule has 3 atom stereocenters. The minimum Gasteiger partial charge on any atom is -0.370 e. The van der Waals surface area contributed by atoms with Crippen molar-refractivity contribution in [1.82, 2.24) is 9.80 Å². The van der Waals surface area contributed by atoms with Crippen LogP contribution >= 0.6 is 11.8 Å². The second-order valence-electron chi connectivity index (χ2n) is 9.63. The standard InChI is InChI=1S/C23H35N3O2S/c1-23(2,3)12-14-26-21(28)20(11-15-27)29-22(26)18-8-6-7-9-19(18)25-13-10-17(16-25)24(4)5/h6-9,15,17,20,22H,10-14,16H2,1-5H3/t17-,20?,22?/m1/s1. The Balaban J connectivity index is 1.88. The summed E-state index contributed by atoms with van der Waals surface area (Å²) in [6.45, 7) is 9.39. The van der Waals surface area contributed by atoms with Crippen molar-refractivity contribution in [2.75, 3.05) is 38.6 Å². The van der Waals surface area contributed by atoms with Crippen LogP contribution < -0.4 is 4.90 Å². The van der Waals surface area contributed by atoms with Crippen molar-refractivity contribution in [3.05, 3.63) is 29.8 Å². The van der Waals surface area contributed by atoms with E-state index in [1.54, 1.807) is 11.8 Å². The van der Waals surface area contributed by atoms with Crippen LogP contribution in [0, 0.1) is 5.41 Å². The van der Waals surface area contributed by atoms with Crippen molar-refractivity contribution in [3.63, 3.8) is 0 Å². The second kappa shape index (κ2) is 9.09. The van der Waals surface area contributed by atoms with E-state index in [9.17, 15) is 9.59 Å². The largest absolute Gasteiger partial charge is 0.370 e. The minimum atomic E-state index is -0.265. The Morgan fingerprint density at radius 1 is 1.24 bits per heavy atom. The van der Waals surface area contributed by atoms with Crippen LogP contribution in [0.1, 0.15) is 51.0 Å². The van der Waals surface area contributed by atoms with Gasteiger partial charge in [0.05, 0.1) is 5.25 Å². The van der Waals surface area contributed by atoms with Gasteiger partial charge < -0.3 is 19.5 Å². The number of rotatable bonds is 7. The zero-order valence-corrected chi connectivity index (χ0v) is 19.2. The zero-order valence-electron chi connectivity index (χ0n) is 18.4. The number of thioether (sulfide) groups is 1. The SMILES string of the molecule is CN(C)[C@@H]1CCN(c2ccccc2C2SC(CC=O)C(=O)N2CCC(C)(C)C)C1. The third kappa shape index (κ3) is 5.15. The summed E-state index contributed by atoms with van der Waals surface area (Å²) in [6, 6.07) is 9.06. The van der Waals surface area contributed by atoms with Crippen LogP contribution in [-0.4, -0.2) is 67.0 Å². The molecular formula is C23H35N3O2S. The first-order chi connectivity index (χ1) is 13.7. The lowest BCUT2D eigenvalue weighted by molar-refractivity contribution is -0.131. The maximum Gasteiger partial charge on any atom is 0.237 e. The van der Waals surface area contributed by atoms with Gasteiger partial charge in [0.2, 0.25) is 5.91 Å². The number of likely N-dealkylation sites (N-methyl/N-ethyl adjacent to an activating group) is 1. The molecule has 0 bridgehead atoms. The predicted octanol–water partition coefficient (Wildman–Crippen LogP) is 3.79. The van der Waals surface area contributed by atoms with E-state index in [1.165, 1.54) is 11.3 Å². The molecule has 0 aromatic heterocycles. The molecule has 2 saturated heterocycles. The molecule has 2 aliphatic heterocycles. The Bertz CT molecular complexity index is 731. The molecule has 0 N–H and O–H groups in total. The van der Waals surface area contributed by atoms with Gasteiger partial charge in [0.1, 0.15) is 11.7 Å². The zero-order chi connectivity index (χ0) is 21.2. The van der Waals surface area contributed by atoms with E-state index >= 15 is 0 Å². The summed E-state index contributed by atoms with van der Waals surface area (Å²) in [5.74, 6) is 0.110. The molecule has 5 nitrogen and oxygen atoms in total. The maximum absolute atomic E-state index is 13.1. The number of anilines is 1. The van der Waals surface area contributed by atoms with E-state index in [1.807, 2.05) is 4.90 Å². The quantitative estimate of drug-likeness (QED) is 0.632. The van der Waals surface area contributed by atoms with Crippen molar-refractivity contribution in [3.8, 4) is 0 Å². The highest BCUT2D eigenvalue weighted by Gasteiger charge is 2.42. The fraction of sp³-hybridized carbons (Fsp3) is 0.652. The van der Waals surface area contributed by atoms with E-state index in [4.69, 9.17) is 0 Å². The first-order valence-corrected chi connectivity index (χ1v) is 11.6. The molecule has 2 fully saturated rings. The van der Waals surface area contributed by atoms with Gasteiger partial charge in [-0.25, -0.2) is 0 Å². The number of benzene rings is 1. The van der Waals surface area contributed by atoms with Crippen molar-refractivity contribution in [2.45, 2.75) is 56.7 Å². The summed E-state index contributed by atoms with van der Waals surface area (Å²) in [5.41, 5.74) is 2.59. The highest BCUT2D eigenvalue weighted by atomic mass is 32.2. The Morgan fingerprint density at radius 3 is 2.59 bits per heavy atom. The molecule has 160 valence electrons. The maximum atomic E-state index is 13.1. The Morgan fingerprint density at radius 2 is 1.97 bits per heavy atom. The molecule has 0 aliphatic carbocycles. The lowest BCUT2D eigenvalue weighted by Gasteiger charge is -2.31. The van der Waals surface area contributed by atoms with Gasteiger partial charge in [-0.3, -0.25) is 4.79 Å². The van der Waals surface area contributed by atoms with Gasteiger partial charge in [-0.05, 0) is 38.4 Å². The summed E-state index contributed by atoms with van der Waals surface area (Å²) in [5, 5.41) is -0.289. The van der Waals surface area contributed by atoms with Gasteiger partial charge in [0, 0.05) is 43.3 Å². The van der Waals surface area contributed by atoms with Crippen LogP contribution in [-0.2, 0) is 9.59 Å². The molecular weight excluding hydrogens is 382 g/mol. The number of amides is 1. The number of carbonyl (C=O) groups is 2. The smallest absolute Gasteiger partial charge is 0.237 e. The molecule has 6 heteroatoms. The molecule has 0 saturated carbocycles. The van der Waals surface area contributed by atoms with Gasteiger partial charge in [0.15, 0.2) is 0 Å². The van der Waals surface area contributed by atoms with E-state index < -0.39 is 0 Å². The van der Waals surface area contributed by atoms with Crippen molar-refractivity contribution in [1.29, 1.82) is 0 Å². The van der Waals surface area contributed by atoms with Crippen molar-refractivity contribution < 1.29 is 9.59 Å². The average Bonchev–Trinajstić information content (AvgIpc) is 3.26. The van der Waals surface area contributed by atoms with Crippen molar-refractivity contribution >= 4 is 29.6 Å². The predicted molar refractivity (Wildman–Crippen MR) is 121 cm³/mol. The van der Waals surface area contributed by atoms with Crippen LogP contribution in [0.5, 0.6) is 0 Å². The van der Waals surface area contributed by atoms with Gasteiger partial charge in [-0.2, -0.15) is 0 Å². The van der Waals surface area contributed by atoms with Crippen LogP contribution in [0.4, 0.5) is 5.69 Å². The number of carbonyl (C=O) groups excluding carboxylic acids is 2. The second-order valence-corrected chi connectivity index (χ2v) is 10.9. The molecule has 1 amide bonds. The average molecular weight is 418 g/mol. The minimum absolute atomic E-state index is 0.0237. The fourth-order valence-electron chi connectivity index (χ4n) is 4.12. The number of hydrogen-bond acceptors (Lipinski definition) is 5. The first kappa shape index (κ1) is 22.2. The first-order valence-electron chi connectivity index (χ1n) is 10.6. The number of hydrogen-bond donors (Lipinski definition) is 0. The summed E-state index contributed by atoms with van der Waals surface area (Å²) in [7, 11) is 4.29. The van der Waals surface area contributed by atoms with Crippen molar-refractivity contribution in [2.24, 2.45) is 5.41 Å². The molecule has 3 rings (SSSR count). The lowest BCUT2D eigenvalue weighted by atomic mass is 9.92. The molecule has 29 heavy (non-hydrogen) atoms. The normalized spacial score (nSPS) is 25.3. The third-order valence-electron chi connectivity index (χ3n) is 5.98. The van der Waals surface area contributed by atoms with E-state index in [0.717, 1.165) is 38.8 Å². The summed E-state index contributed by atoms with van der Waals surface area (Å²) in [6.07, 6.45) is 3.27. The van der Waals surface area contributed by atoms with Crippen LogP contribution in [0.3, 0.4) is 0 Å². The Labute approximate surface area is 179 Å². The monoisotopic (exact) mass is 417 g/mol. The molecule has 0 radical (unpaired) electrons. The number of aldehydes is 1. The Kier molecular flexibility index (Phi) is 6.94. The fourth-order valence-corrected chi connectivity index (χ4v) is 5.58. The lowest BCUT2D eigenvalue weighted by Crippen LogP contribution is -2.35. The summed E-state index contributed by atoms with van der Waals surface area (Å²) >= 11 is 1.64. The molecule has 2 heterocycles. The van der Waals surface area contributed by atoms with Gasteiger partial charge in [-0.15, -0.1) is 11.8 Å². The molecule has 1 aromatic carbocycles. The summed E-state index contributed by atoms with van der Waals surface area (Å²) in [4.78, 5) is 31.0. The highest BCUT2D eigenvalue weighted by molar-refractivity contribution is 8.01. The van der Waals surface area contributed by atoms with Gasteiger partial charge >= 0.3 is 0 Å². The molecule has 0 spiro atoms. The molecule has 2 unspecified atom stereocenters. The molecule has 1 aromatic rings. The van der Waals surface area contributed by atoms with Crippen LogP contribution in [0.2, 0.25) is 0 Å². The van der Waals surface area contributed by atoms with Crippen LogP contribution in [0.15, 0.2) is 24.3 Å². The number of nitrogens with zero attached hydrogens (tertiary/aromatic N) is 3. The van der Waals surface area contributed by atoms with Crippen LogP contribution in [0.25, 0.3) is 0 Å². The highest BCUT2D eigenvalue weighted by Crippen LogP contribution is 2.47.